The number of hydrogen-bond acceptors (Lipinski definition) is 2. The molecule has 0 radical (unpaired) electrons. The maximum atomic E-state index is 10.2. The summed E-state index contributed by atoms with van der Waals surface area (Å²) in [5, 5.41) is 0. The van der Waals surface area contributed by atoms with Crippen molar-refractivity contribution in [1.29, 1.82) is 0 Å². The highest BCUT2D eigenvalue weighted by Crippen LogP contribution is 1.87. The molecule has 11 heavy (non-hydrogen) atoms. The Morgan fingerprint density at radius 2 is 1.64 bits per heavy atom. The highest BCUT2D eigenvalue weighted by atomic mass is 19.3. The Labute approximate surface area is 64.2 Å². The number of carbonyl (C=O) groups is 1. The van der Waals surface area contributed by atoms with Crippen molar-refractivity contribution < 1.29 is 18.3 Å². The van der Waals surface area contributed by atoms with Crippen molar-refractivity contribution in [3.8, 4) is 0 Å². The van der Waals surface area contributed by atoms with Gasteiger partial charge in [0, 0.05) is 5.57 Å². The van der Waals surface area contributed by atoms with E-state index in [2.05, 4.69) is 17.9 Å². The largest absolute Gasteiger partial charge is 0.466 e. The van der Waals surface area contributed by atoms with E-state index in [1.807, 2.05) is 0 Å². The predicted octanol–water partition coefficient (Wildman–Crippen LogP) is 2.13. The van der Waals surface area contributed by atoms with Gasteiger partial charge in [0.05, 0.1) is 7.11 Å². The third-order valence-corrected chi connectivity index (χ3v) is 0.534. The minimum absolute atomic E-state index is 0.347. The Morgan fingerprint density at radius 3 is 1.64 bits per heavy atom. The second kappa shape index (κ2) is 6.92. The van der Waals surface area contributed by atoms with Crippen LogP contribution in [0, 0.1) is 0 Å². The van der Waals surface area contributed by atoms with Gasteiger partial charge in [-0.1, -0.05) is 6.58 Å². The molecule has 0 fully saturated rings. The summed E-state index contributed by atoms with van der Waals surface area (Å²) in [4.78, 5) is 10.2. The maximum absolute atomic E-state index is 10.2. The van der Waals surface area contributed by atoms with Crippen molar-refractivity contribution in [3.05, 3.63) is 24.8 Å². The lowest BCUT2D eigenvalue weighted by atomic mass is 10.4. The zero-order chi connectivity index (χ0) is 9.44. The number of halogens is 2. The summed E-state index contributed by atoms with van der Waals surface area (Å²) < 4.78 is 24.6. The Balaban J connectivity index is 0. The smallest absolute Gasteiger partial charge is 0.332 e. The lowest BCUT2D eigenvalue weighted by Crippen LogP contribution is -1.98. The topological polar surface area (TPSA) is 26.3 Å². The van der Waals surface area contributed by atoms with Crippen LogP contribution in [-0.2, 0) is 9.53 Å². The summed E-state index contributed by atoms with van der Waals surface area (Å²) >= 11 is 0. The van der Waals surface area contributed by atoms with Crippen LogP contribution in [0.5, 0.6) is 0 Å². The fraction of sp³-hybridized carbons (Fsp3) is 0.286. The lowest BCUT2D eigenvalue weighted by molar-refractivity contribution is -0.136. The molecule has 0 saturated heterocycles. The molecule has 4 heteroatoms. The van der Waals surface area contributed by atoms with E-state index in [4.69, 9.17) is 0 Å². The molecule has 0 saturated carbocycles. The van der Waals surface area contributed by atoms with Gasteiger partial charge >= 0.3 is 5.97 Å². The van der Waals surface area contributed by atoms with Gasteiger partial charge in [-0.2, -0.15) is 8.78 Å². The number of rotatable bonds is 1. The molecule has 0 rings (SSSR count). The second-order valence-corrected chi connectivity index (χ2v) is 1.61. The van der Waals surface area contributed by atoms with Crippen LogP contribution in [0.3, 0.4) is 0 Å². The third kappa shape index (κ3) is 17.7. The summed E-state index contributed by atoms with van der Waals surface area (Å²) in [6, 6.07) is 0. The van der Waals surface area contributed by atoms with Gasteiger partial charge in [-0.05, 0) is 13.5 Å². The molecule has 0 spiro atoms. The quantitative estimate of drug-likeness (QED) is 0.438. The molecule has 0 aromatic carbocycles. The van der Waals surface area contributed by atoms with Crippen LogP contribution in [-0.4, -0.2) is 13.1 Å². The fourth-order valence-corrected chi connectivity index (χ4v) is 0.174. The lowest BCUT2D eigenvalue weighted by Gasteiger charge is -1.91. The van der Waals surface area contributed by atoms with Crippen molar-refractivity contribution >= 4 is 5.97 Å². The Hall–Kier alpha value is -1.19. The summed E-state index contributed by atoms with van der Waals surface area (Å²) in [6.07, 6.45) is -1.83. The van der Waals surface area contributed by atoms with Gasteiger partial charge in [0.1, 0.15) is 0 Å². The van der Waals surface area contributed by atoms with Gasteiger partial charge in [-0.15, -0.1) is 0 Å². The number of ether oxygens (including phenoxy) is 1. The Kier molecular flexibility index (Phi) is 7.86. The maximum Gasteiger partial charge on any atom is 0.332 e. The molecular weight excluding hydrogens is 154 g/mol. The van der Waals surface area contributed by atoms with E-state index in [9.17, 15) is 13.6 Å². The van der Waals surface area contributed by atoms with Crippen LogP contribution in [0.25, 0.3) is 0 Å². The summed E-state index contributed by atoms with van der Waals surface area (Å²) in [7, 11) is 1.33. The highest BCUT2D eigenvalue weighted by molar-refractivity contribution is 5.86. The molecule has 2 nitrogen and oxygen atoms in total. The van der Waals surface area contributed by atoms with E-state index in [0.29, 0.717) is 5.57 Å². The van der Waals surface area contributed by atoms with E-state index in [-0.39, 0.29) is 5.97 Å². The fourth-order valence-electron chi connectivity index (χ4n) is 0.174. The van der Waals surface area contributed by atoms with E-state index in [0.717, 1.165) is 0 Å². The molecule has 0 heterocycles. The predicted molar refractivity (Wildman–Crippen MR) is 38.2 cm³/mol. The van der Waals surface area contributed by atoms with E-state index < -0.39 is 6.08 Å². The standard InChI is InChI=1S/C5H8O2.C2H2F2/c1-4(2)5(6)7-3;1-2(3)4/h1H2,2-3H3;1H2. The SMILES string of the molecule is C=C(C)C(=O)OC.C=C(F)F. The first-order valence-corrected chi connectivity index (χ1v) is 2.65. The molecule has 0 aliphatic rings. The zero-order valence-electron chi connectivity index (χ0n) is 6.49. The monoisotopic (exact) mass is 164 g/mol. The average molecular weight is 164 g/mol. The van der Waals surface area contributed by atoms with E-state index >= 15 is 0 Å². The molecule has 0 aromatic heterocycles. The number of esters is 1. The first-order valence-electron chi connectivity index (χ1n) is 2.65. The zero-order valence-corrected chi connectivity index (χ0v) is 6.49. The first kappa shape index (κ1) is 12.5. The van der Waals surface area contributed by atoms with Crippen LogP contribution in [0.1, 0.15) is 6.92 Å². The molecular formula is C7H10F2O2. The number of methoxy groups -OCH3 is 1. The van der Waals surface area contributed by atoms with E-state index in [1.165, 1.54) is 7.11 Å². The van der Waals surface area contributed by atoms with Gasteiger partial charge < -0.3 is 4.74 Å². The van der Waals surface area contributed by atoms with Gasteiger partial charge in [0.25, 0.3) is 6.08 Å². The Morgan fingerprint density at radius 1 is 1.36 bits per heavy atom. The molecule has 0 atom stereocenters. The van der Waals surface area contributed by atoms with Crippen LogP contribution >= 0.6 is 0 Å². The highest BCUT2D eigenvalue weighted by Gasteiger charge is 1.95. The van der Waals surface area contributed by atoms with Gasteiger partial charge in [0.15, 0.2) is 0 Å². The molecule has 0 amide bonds. The van der Waals surface area contributed by atoms with Crippen LogP contribution in [0.4, 0.5) is 8.78 Å². The minimum atomic E-state index is -1.83. The summed E-state index contributed by atoms with van der Waals surface area (Å²) in [5.74, 6) is -0.347. The van der Waals surface area contributed by atoms with Crippen molar-refractivity contribution in [2.45, 2.75) is 6.92 Å². The molecule has 0 aliphatic carbocycles. The van der Waals surface area contributed by atoms with Crippen molar-refractivity contribution in [3.63, 3.8) is 0 Å². The second-order valence-electron chi connectivity index (χ2n) is 1.61. The molecule has 0 N–H and O–H groups in total. The molecule has 0 aromatic rings. The van der Waals surface area contributed by atoms with Gasteiger partial charge in [-0.25, -0.2) is 4.79 Å². The van der Waals surface area contributed by atoms with E-state index in [1.54, 1.807) is 6.92 Å². The molecule has 0 unspecified atom stereocenters. The van der Waals surface area contributed by atoms with Crippen molar-refractivity contribution in [2.24, 2.45) is 0 Å². The molecule has 0 aliphatic heterocycles. The van der Waals surface area contributed by atoms with Gasteiger partial charge in [0.2, 0.25) is 0 Å². The van der Waals surface area contributed by atoms with Crippen LogP contribution < -0.4 is 0 Å². The normalized spacial score (nSPS) is 7.27. The van der Waals surface area contributed by atoms with Crippen molar-refractivity contribution in [2.75, 3.05) is 7.11 Å². The number of hydrogen-bond donors (Lipinski definition) is 0. The van der Waals surface area contributed by atoms with Gasteiger partial charge in [-0.3, -0.25) is 0 Å². The van der Waals surface area contributed by atoms with Crippen LogP contribution in [0.2, 0.25) is 0 Å². The molecule has 0 bridgehead atoms. The molecule has 64 valence electrons. The first-order chi connectivity index (χ1) is 4.91. The summed E-state index contributed by atoms with van der Waals surface area (Å²) in [5.41, 5.74) is 0.433. The van der Waals surface area contributed by atoms with Crippen LogP contribution in [0.15, 0.2) is 24.8 Å². The minimum Gasteiger partial charge on any atom is -0.466 e. The summed E-state index contributed by atoms with van der Waals surface area (Å²) in [6.45, 7) is 7.18. The number of carbonyl (C=O) groups excluding carboxylic acids is 1. The third-order valence-electron chi connectivity index (χ3n) is 0.534. The van der Waals surface area contributed by atoms with Crippen molar-refractivity contribution in [1.82, 2.24) is 0 Å². The average Bonchev–Trinajstić information content (AvgIpc) is 1.85. The Bertz CT molecular complexity index is 160.